The van der Waals surface area contributed by atoms with Gasteiger partial charge in [0.05, 0.1) is 10.6 Å². The van der Waals surface area contributed by atoms with Gasteiger partial charge in [-0.25, -0.2) is 8.42 Å². The highest BCUT2D eigenvalue weighted by molar-refractivity contribution is 7.91. The molecule has 0 amide bonds. The minimum absolute atomic E-state index is 0.148. The summed E-state index contributed by atoms with van der Waals surface area (Å²) in [5.41, 5.74) is 0.921. The molecule has 1 aromatic carbocycles. The van der Waals surface area contributed by atoms with E-state index >= 15 is 0 Å². The fourth-order valence-corrected chi connectivity index (χ4v) is 4.96. The molecule has 1 atom stereocenters. The van der Waals surface area contributed by atoms with E-state index in [0.29, 0.717) is 11.3 Å². The summed E-state index contributed by atoms with van der Waals surface area (Å²) in [6, 6.07) is 11.7. The fourth-order valence-electron chi connectivity index (χ4n) is 2.63. The number of fused-ring (bicyclic) bond motifs is 1. The summed E-state index contributed by atoms with van der Waals surface area (Å²) in [6.45, 7) is 0.875. The average molecular weight is 307 g/mol. The molecule has 3 rings (SSSR count). The maximum absolute atomic E-state index is 12.1. The van der Waals surface area contributed by atoms with Gasteiger partial charge >= 0.3 is 0 Å². The minimum atomic E-state index is -3.08. The second-order valence-electron chi connectivity index (χ2n) is 4.98. The van der Waals surface area contributed by atoms with Crippen LogP contribution < -0.4 is 5.32 Å². The standard InChI is InChI=1S/C15H17NO2S2/c17-20(18)11-8-14(13-5-1-2-6-15(13)20)16-9-7-12-4-3-10-19-12/h1-6,10,14,16H,7-9,11H2. The van der Waals surface area contributed by atoms with Gasteiger partial charge in [-0.15, -0.1) is 11.3 Å². The molecule has 1 N–H and O–H groups in total. The number of nitrogens with one attached hydrogen (secondary N) is 1. The van der Waals surface area contributed by atoms with Crippen molar-refractivity contribution in [1.29, 1.82) is 0 Å². The molecule has 1 unspecified atom stereocenters. The van der Waals surface area contributed by atoms with Crippen molar-refractivity contribution in [1.82, 2.24) is 5.32 Å². The van der Waals surface area contributed by atoms with Crippen LogP contribution in [0.5, 0.6) is 0 Å². The number of hydrogen-bond acceptors (Lipinski definition) is 4. The SMILES string of the molecule is O=S1(=O)CCC(NCCc2cccs2)c2ccccc21. The first-order valence-electron chi connectivity index (χ1n) is 6.74. The van der Waals surface area contributed by atoms with Crippen LogP contribution in [-0.4, -0.2) is 20.7 Å². The summed E-state index contributed by atoms with van der Waals surface area (Å²) in [4.78, 5) is 1.86. The number of rotatable bonds is 4. The molecule has 0 spiro atoms. The highest BCUT2D eigenvalue weighted by Gasteiger charge is 2.29. The molecule has 2 heterocycles. The van der Waals surface area contributed by atoms with Crippen LogP contribution in [0.4, 0.5) is 0 Å². The van der Waals surface area contributed by atoms with Gasteiger partial charge in [0.15, 0.2) is 9.84 Å². The predicted molar refractivity (Wildman–Crippen MR) is 81.9 cm³/mol. The molecule has 2 aromatic rings. The zero-order valence-corrected chi connectivity index (χ0v) is 12.7. The van der Waals surface area contributed by atoms with Gasteiger partial charge in [-0.05, 0) is 35.9 Å². The average Bonchev–Trinajstić information content (AvgIpc) is 2.95. The summed E-state index contributed by atoms with van der Waals surface area (Å²) in [5, 5.41) is 5.58. The highest BCUT2D eigenvalue weighted by atomic mass is 32.2. The van der Waals surface area contributed by atoms with Gasteiger partial charge in [-0.1, -0.05) is 24.3 Å². The van der Waals surface area contributed by atoms with E-state index in [1.54, 1.807) is 23.5 Å². The van der Waals surface area contributed by atoms with Gasteiger partial charge in [0.2, 0.25) is 0 Å². The number of hydrogen-bond donors (Lipinski definition) is 1. The zero-order chi connectivity index (χ0) is 14.0. The lowest BCUT2D eigenvalue weighted by molar-refractivity contribution is 0.495. The van der Waals surface area contributed by atoms with E-state index in [1.165, 1.54) is 4.88 Å². The first kappa shape index (κ1) is 13.8. The second-order valence-corrected chi connectivity index (χ2v) is 8.09. The Morgan fingerprint density at radius 2 is 2.05 bits per heavy atom. The topological polar surface area (TPSA) is 46.2 Å². The molecule has 0 aliphatic carbocycles. The Labute approximate surface area is 123 Å². The maximum atomic E-state index is 12.1. The molecule has 0 radical (unpaired) electrons. The van der Waals surface area contributed by atoms with E-state index < -0.39 is 9.84 Å². The van der Waals surface area contributed by atoms with Gasteiger partial charge in [-0.3, -0.25) is 0 Å². The van der Waals surface area contributed by atoms with Crippen LogP contribution in [0, 0.1) is 0 Å². The second kappa shape index (κ2) is 5.68. The van der Waals surface area contributed by atoms with Crippen molar-refractivity contribution >= 4 is 21.2 Å². The molecule has 20 heavy (non-hydrogen) atoms. The van der Waals surface area contributed by atoms with Gasteiger partial charge in [-0.2, -0.15) is 0 Å². The predicted octanol–water partition coefficient (Wildman–Crippen LogP) is 2.80. The van der Waals surface area contributed by atoms with Gasteiger partial charge < -0.3 is 5.32 Å². The van der Waals surface area contributed by atoms with Crippen molar-refractivity contribution < 1.29 is 8.42 Å². The molecule has 1 aliphatic heterocycles. The van der Waals surface area contributed by atoms with Crippen LogP contribution in [0.2, 0.25) is 0 Å². The third-order valence-electron chi connectivity index (χ3n) is 3.65. The largest absolute Gasteiger partial charge is 0.310 e. The van der Waals surface area contributed by atoms with Gasteiger partial charge in [0.1, 0.15) is 0 Å². The lowest BCUT2D eigenvalue weighted by atomic mass is 10.0. The monoisotopic (exact) mass is 307 g/mol. The Balaban J connectivity index is 1.72. The zero-order valence-electron chi connectivity index (χ0n) is 11.1. The quantitative estimate of drug-likeness (QED) is 0.945. The molecule has 5 heteroatoms. The summed E-state index contributed by atoms with van der Waals surface area (Å²) in [6.07, 6.45) is 1.65. The maximum Gasteiger partial charge on any atom is 0.178 e. The first-order chi connectivity index (χ1) is 9.67. The van der Waals surface area contributed by atoms with Crippen LogP contribution in [-0.2, 0) is 16.3 Å². The molecule has 106 valence electrons. The van der Waals surface area contributed by atoms with Crippen molar-refractivity contribution in [2.24, 2.45) is 0 Å². The summed E-state index contributed by atoms with van der Waals surface area (Å²) >= 11 is 1.76. The van der Waals surface area contributed by atoms with E-state index in [0.717, 1.165) is 18.5 Å². The smallest absolute Gasteiger partial charge is 0.178 e. The Bertz CT molecular complexity index is 678. The van der Waals surface area contributed by atoms with Crippen LogP contribution >= 0.6 is 11.3 Å². The van der Waals surface area contributed by atoms with E-state index in [1.807, 2.05) is 12.1 Å². The van der Waals surface area contributed by atoms with Crippen LogP contribution in [0.25, 0.3) is 0 Å². The number of benzene rings is 1. The number of sulfone groups is 1. The molecule has 0 saturated carbocycles. The van der Waals surface area contributed by atoms with Crippen molar-refractivity contribution in [2.45, 2.75) is 23.8 Å². The Kier molecular flexibility index (Phi) is 3.92. The van der Waals surface area contributed by atoms with Gasteiger partial charge in [0.25, 0.3) is 0 Å². The van der Waals surface area contributed by atoms with Crippen molar-refractivity contribution in [2.75, 3.05) is 12.3 Å². The third kappa shape index (κ3) is 2.80. The Morgan fingerprint density at radius 1 is 1.20 bits per heavy atom. The third-order valence-corrected chi connectivity index (χ3v) is 6.40. The summed E-state index contributed by atoms with van der Waals surface area (Å²) < 4.78 is 24.1. The summed E-state index contributed by atoms with van der Waals surface area (Å²) in [7, 11) is -3.08. The molecular weight excluding hydrogens is 290 g/mol. The Hall–Kier alpha value is -1.17. The molecule has 0 bridgehead atoms. The van der Waals surface area contributed by atoms with E-state index in [4.69, 9.17) is 0 Å². The van der Waals surface area contributed by atoms with Crippen molar-refractivity contribution in [3.63, 3.8) is 0 Å². The molecule has 1 aliphatic rings. The van der Waals surface area contributed by atoms with Crippen LogP contribution in [0.1, 0.15) is 22.9 Å². The van der Waals surface area contributed by atoms with E-state index in [9.17, 15) is 8.42 Å². The van der Waals surface area contributed by atoms with Crippen molar-refractivity contribution in [3.8, 4) is 0 Å². The number of thiophene rings is 1. The fraction of sp³-hybridized carbons (Fsp3) is 0.333. The van der Waals surface area contributed by atoms with E-state index in [-0.39, 0.29) is 11.8 Å². The van der Waals surface area contributed by atoms with Crippen LogP contribution in [0.15, 0.2) is 46.7 Å². The molecule has 0 fully saturated rings. The molecule has 1 aromatic heterocycles. The minimum Gasteiger partial charge on any atom is -0.310 e. The molecule has 3 nitrogen and oxygen atoms in total. The lowest BCUT2D eigenvalue weighted by Gasteiger charge is -2.26. The van der Waals surface area contributed by atoms with E-state index in [2.05, 4.69) is 22.8 Å². The summed E-state index contributed by atoms with van der Waals surface area (Å²) in [5.74, 6) is 0.237. The first-order valence-corrected chi connectivity index (χ1v) is 9.27. The van der Waals surface area contributed by atoms with Gasteiger partial charge in [0, 0.05) is 17.5 Å². The molecular formula is C15H17NO2S2. The normalized spacial score (nSPS) is 20.5. The van der Waals surface area contributed by atoms with Crippen LogP contribution in [0.3, 0.4) is 0 Å². The highest BCUT2D eigenvalue weighted by Crippen LogP contribution is 2.31. The molecule has 0 saturated heterocycles. The van der Waals surface area contributed by atoms with Crippen molar-refractivity contribution in [3.05, 3.63) is 52.2 Å². The Morgan fingerprint density at radius 3 is 2.85 bits per heavy atom. The lowest BCUT2D eigenvalue weighted by Crippen LogP contribution is -2.30.